The monoisotopic (exact) mass is 369 g/mol. The Morgan fingerprint density at radius 3 is 2.54 bits per heavy atom. The van der Waals surface area contributed by atoms with Gasteiger partial charge in [0.25, 0.3) is 11.5 Å². The number of nitrogens with zero attached hydrogens (tertiary/aromatic N) is 5. The lowest BCUT2D eigenvalue weighted by atomic mass is 10.2. The van der Waals surface area contributed by atoms with Crippen molar-refractivity contribution in [3.63, 3.8) is 0 Å². The van der Waals surface area contributed by atoms with Crippen LogP contribution in [0.1, 0.15) is 10.4 Å². The molecule has 3 aromatic rings. The zero-order valence-electron chi connectivity index (χ0n) is 13.9. The number of fused-ring (bicyclic) bond motifs is 1. The van der Waals surface area contributed by atoms with Crippen molar-refractivity contribution in [2.24, 2.45) is 0 Å². The second kappa shape index (κ2) is 6.76. The third kappa shape index (κ3) is 3.01. The van der Waals surface area contributed by atoms with Crippen LogP contribution < -0.4 is 10.5 Å². The average molecular weight is 370 g/mol. The highest BCUT2D eigenvalue weighted by Gasteiger charge is 2.25. The minimum absolute atomic E-state index is 0.0896. The van der Waals surface area contributed by atoms with E-state index in [4.69, 9.17) is 11.6 Å². The number of rotatable bonds is 2. The molecule has 1 amide bonds. The molecule has 3 aromatic heterocycles. The van der Waals surface area contributed by atoms with Gasteiger partial charge in [0, 0.05) is 44.8 Å². The van der Waals surface area contributed by atoms with Gasteiger partial charge in [-0.2, -0.15) is 0 Å². The molecule has 0 atom stereocenters. The van der Waals surface area contributed by atoms with Gasteiger partial charge in [0.15, 0.2) is 0 Å². The van der Waals surface area contributed by atoms with E-state index in [1.54, 1.807) is 41.6 Å². The van der Waals surface area contributed by atoms with Crippen molar-refractivity contribution in [1.82, 2.24) is 19.3 Å². The van der Waals surface area contributed by atoms with E-state index in [1.165, 1.54) is 10.6 Å². The van der Waals surface area contributed by atoms with E-state index >= 15 is 0 Å². The fraction of sp³-hybridized carbons (Fsp3) is 0.222. The van der Waals surface area contributed by atoms with Gasteiger partial charge >= 0.3 is 0 Å². The Hall–Kier alpha value is -2.93. The Labute approximate surface area is 154 Å². The number of hydrogen-bond acceptors (Lipinski definition) is 5. The minimum Gasteiger partial charge on any atom is -0.353 e. The van der Waals surface area contributed by atoms with E-state index in [2.05, 4.69) is 14.9 Å². The molecule has 132 valence electrons. The number of carbonyl (C=O) groups is 1. The summed E-state index contributed by atoms with van der Waals surface area (Å²) in [5.74, 6) is 0.540. The standard InChI is InChI=1S/C18H16ClN5O2/c19-13-4-5-15(20-11-13)22-7-9-23(10-8-22)17(25)14-12-21-16-3-1-2-6-24(16)18(14)26/h1-6,11-12H,7-10H2. The third-order valence-corrected chi connectivity index (χ3v) is 4.67. The molecule has 4 heterocycles. The topological polar surface area (TPSA) is 70.8 Å². The van der Waals surface area contributed by atoms with Crippen LogP contribution in [0.3, 0.4) is 0 Å². The first kappa shape index (κ1) is 16.5. The van der Waals surface area contributed by atoms with E-state index in [0.717, 1.165) is 5.82 Å². The molecular weight excluding hydrogens is 354 g/mol. The Kier molecular flexibility index (Phi) is 4.30. The predicted octanol–water partition coefficient (Wildman–Crippen LogP) is 1.71. The molecule has 1 aliphatic rings. The Balaban J connectivity index is 1.51. The van der Waals surface area contributed by atoms with Crippen LogP contribution in [0, 0.1) is 0 Å². The van der Waals surface area contributed by atoms with Crippen LogP contribution in [0.25, 0.3) is 5.65 Å². The first-order chi connectivity index (χ1) is 12.6. The molecule has 0 N–H and O–H groups in total. The molecule has 0 bridgehead atoms. The number of piperazine rings is 1. The van der Waals surface area contributed by atoms with Gasteiger partial charge in [0.2, 0.25) is 0 Å². The van der Waals surface area contributed by atoms with Crippen molar-refractivity contribution >= 4 is 29.0 Å². The maximum atomic E-state index is 12.8. The number of halogens is 1. The van der Waals surface area contributed by atoms with E-state index in [1.807, 2.05) is 6.07 Å². The molecule has 7 nitrogen and oxygen atoms in total. The number of anilines is 1. The van der Waals surface area contributed by atoms with Crippen molar-refractivity contribution in [3.8, 4) is 0 Å². The number of hydrogen-bond donors (Lipinski definition) is 0. The van der Waals surface area contributed by atoms with Crippen LogP contribution in [0.4, 0.5) is 5.82 Å². The van der Waals surface area contributed by atoms with Crippen molar-refractivity contribution < 1.29 is 4.79 Å². The van der Waals surface area contributed by atoms with Gasteiger partial charge in [-0.05, 0) is 24.3 Å². The van der Waals surface area contributed by atoms with Crippen LogP contribution in [-0.2, 0) is 0 Å². The van der Waals surface area contributed by atoms with Gasteiger partial charge in [-0.3, -0.25) is 14.0 Å². The van der Waals surface area contributed by atoms with Crippen molar-refractivity contribution in [2.45, 2.75) is 0 Å². The van der Waals surface area contributed by atoms with Gasteiger partial charge in [-0.25, -0.2) is 9.97 Å². The highest BCUT2D eigenvalue weighted by atomic mass is 35.5. The fourth-order valence-electron chi connectivity index (χ4n) is 3.04. The van der Waals surface area contributed by atoms with Crippen molar-refractivity contribution in [2.75, 3.05) is 31.1 Å². The number of pyridine rings is 2. The summed E-state index contributed by atoms with van der Waals surface area (Å²) in [6.07, 6.45) is 4.59. The van der Waals surface area contributed by atoms with Gasteiger partial charge in [-0.1, -0.05) is 17.7 Å². The highest BCUT2D eigenvalue weighted by Crippen LogP contribution is 2.16. The smallest absolute Gasteiger partial charge is 0.270 e. The summed E-state index contributed by atoms with van der Waals surface area (Å²) in [5, 5.41) is 0.590. The molecule has 0 radical (unpaired) electrons. The number of amides is 1. The summed E-state index contributed by atoms with van der Waals surface area (Å²) in [5.41, 5.74) is 0.266. The Morgan fingerprint density at radius 1 is 1.00 bits per heavy atom. The summed E-state index contributed by atoms with van der Waals surface area (Å²) >= 11 is 5.87. The van der Waals surface area contributed by atoms with Crippen LogP contribution in [-0.4, -0.2) is 51.4 Å². The van der Waals surface area contributed by atoms with E-state index in [-0.39, 0.29) is 17.0 Å². The van der Waals surface area contributed by atoms with E-state index in [9.17, 15) is 9.59 Å². The lowest BCUT2D eigenvalue weighted by molar-refractivity contribution is 0.0744. The number of aromatic nitrogens is 3. The second-order valence-corrected chi connectivity index (χ2v) is 6.46. The lowest BCUT2D eigenvalue weighted by Crippen LogP contribution is -2.50. The van der Waals surface area contributed by atoms with Gasteiger partial charge in [0.05, 0.1) is 5.02 Å². The second-order valence-electron chi connectivity index (χ2n) is 6.02. The molecular formula is C18H16ClN5O2. The third-order valence-electron chi connectivity index (χ3n) is 4.45. The molecule has 0 spiro atoms. The van der Waals surface area contributed by atoms with Gasteiger partial charge in [-0.15, -0.1) is 0 Å². The van der Waals surface area contributed by atoms with Crippen LogP contribution >= 0.6 is 11.6 Å². The lowest BCUT2D eigenvalue weighted by Gasteiger charge is -2.35. The largest absolute Gasteiger partial charge is 0.353 e. The zero-order chi connectivity index (χ0) is 18.1. The van der Waals surface area contributed by atoms with Crippen molar-refractivity contribution in [3.05, 3.63) is 69.9 Å². The van der Waals surface area contributed by atoms with Crippen LogP contribution in [0.2, 0.25) is 5.02 Å². The normalized spacial score (nSPS) is 14.7. The minimum atomic E-state index is -0.345. The van der Waals surface area contributed by atoms with Crippen LogP contribution in [0.15, 0.2) is 53.7 Å². The molecule has 1 saturated heterocycles. The Morgan fingerprint density at radius 2 is 1.81 bits per heavy atom. The fourth-order valence-corrected chi connectivity index (χ4v) is 3.15. The molecule has 1 fully saturated rings. The van der Waals surface area contributed by atoms with E-state index < -0.39 is 0 Å². The summed E-state index contributed by atoms with van der Waals surface area (Å²) in [7, 11) is 0. The first-order valence-electron chi connectivity index (χ1n) is 8.26. The summed E-state index contributed by atoms with van der Waals surface area (Å²) < 4.78 is 1.39. The highest BCUT2D eigenvalue weighted by molar-refractivity contribution is 6.30. The quantitative estimate of drug-likeness (QED) is 0.687. The number of carbonyl (C=O) groups excluding carboxylic acids is 1. The molecule has 8 heteroatoms. The average Bonchev–Trinajstić information content (AvgIpc) is 2.69. The van der Waals surface area contributed by atoms with E-state index in [0.29, 0.717) is 36.8 Å². The summed E-state index contributed by atoms with van der Waals surface area (Å²) in [4.78, 5) is 37.6. The van der Waals surface area contributed by atoms with Crippen LogP contribution in [0.5, 0.6) is 0 Å². The Bertz CT molecular complexity index is 1010. The molecule has 0 aliphatic carbocycles. The molecule has 0 aromatic carbocycles. The van der Waals surface area contributed by atoms with Crippen molar-refractivity contribution in [1.29, 1.82) is 0 Å². The molecule has 0 unspecified atom stereocenters. The van der Waals surface area contributed by atoms with Gasteiger partial charge in [0.1, 0.15) is 17.0 Å². The summed E-state index contributed by atoms with van der Waals surface area (Å²) in [6, 6.07) is 8.92. The van der Waals surface area contributed by atoms with Gasteiger partial charge < -0.3 is 9.80 Å². The first-order valence-corrected chi connectivity index (χ1v) is 8.63. The molecule has 0 saturated carbocycles. The molecule has 26 heavy (non-hydrogen) atoms. The summed E-state index contributed by atoms with van der Waals surface area (Å²) in [6.45, 7) is 2.31. The SMILES string of the molecule is O=C(c1cnc2ccccn2c1=O)N1CCN(c2ccc(Cl)cn2)CC1. The maximum Gasteiger partial charge on any atom is 0.270 e. The predicted molar refractivity (Wildman–Crippen MR) is 98.8 cm³/mol. The molecule has 4 rings (SSSR count). The zero-order valence-corrected chi connectivity index (χ0v) is 14.6. The molecule has 1 aliphatic heterocycles. The maximum absolute atomic E-state index is 12.8.